The first-order valence-electron chi connectivity index (χ1n) is 5.48. The van der Waals surface area contributed by atoms with Gasteiger partial charge in [-0.15, -0.1) is 0 Å². The molecular formula is C12H12N4O3. The van der Waals surface area contributed by atoms with Gasteiger partial charge in [0.25, 0.3) is 5.91 Å². The summed E-state index contributed by atoms with van der Waals surface area (Å²) < 4.78 is 1.64. The van der Waals surface area contributed by atoms with Crippen LogP contribution in [0.3, 0.4) is 0 Å². The van der Waals surface area contributed by atoms with E-state index >= 15 is 0 Å². The summed E-state index contributed by atoms with van der Waals surface area (Å²) in [4.78, 5) is 26.2. The van der Waals surface area contributed by atoms with Gasteiger partial charge >= 0.3 is 5.97 Å². The number of carbonyl (C=O) groups excluding carboxylic acids is 1. The van der Waals surface area contributed by atoms with Gasteiger partial charge in [0, 0.05) is 25.0 Å². The third-order valence-electron chi connectivity index (χ3n) is 2.60. The topological polar surface area (TPSA) is 97.1 Å². The molecule has 0 aliphatic carbocycles. The van der Waals surface area contributed by atoms with Crippen molar-refractivity contribution >= 4 is 17.7 Å². The molecule has 1 amide bonds. The van der Waals surface area contributed by atoms with Crippen LogP contribution in [0.2, 0.25) is 0 Å². The van der Waals surface area contributed by atoms with Crippen molar-refractivity contribution in [3.63, 3.8) is 0 Å². The zero-order chi connectivity index (χ0) is 14.0. The average molecular weight is 260 g/mol. The summed E-state index contributed by atoms with van der Waals surface area (Å²) in [6, 6.07) is 4.42. The Morgan fingerprint density at radius 2 is 2.11 bits per heavy atom. The van der Waals surface area contributed by atoms with Crippen LogP contribution in [-0.2, 0) is 7.05 Å². The molecule has 19 heavy (non-hydrogen) atoms. The summed E-state index contributed by atoms with van der Waals surface area (Å²) in [6.07, 6.45) is 1.22. The van der Waals surface area contributed by atoms with E-state index in [1.54, 1.807) is 17.8 Å². The average Bonchev–Trinajstić information content (AvgIpc) is 2.68. The molecule has 7 heteroatoms. The molecule has 0 saturated carbocycles. The number of hydrogen-bond acceptors (Lipinski definition) is 4. The number of carbonyl (C=O) groups is 2. The number of anilines is 1. The highest BCUT2D eigenvalue weighted by Gasteiger charge is 2.11. The summed E-state index contributed by atoms with van der Waals surface area (Å²) in [5.41, 5.74) is 1.08. The van der Waals surface area contributed by atoms with Gasteiger partial charge in [0.2, 0.25) is 0 Å². The maximum atomic E-state index is 11.9. The standard InChI is InChI=1S/C12H12N4O3/c1-7-5-10(15-16(7)2)14-11(17)8-3-4-9(12(18)19)13-6-8/h3-6H,1-2H3,(H,18,19)(H,14,15,17). The Bertz CT molecular complexity index is 611. The minimum Gasteiger partial charge on any atom is -0.477 e. The summed E-state index contributed by atoms with van der Waals surface area (Å²) in [5, 5.41) is 15.4. The summed E-state index contributed by atoms with van der Waals surface area (Å²) in [6.45, 7) is 1.87. The van der Waals surface area contributed by atoms with Crippen molar-refractivity contribution in [1.82, 2.24) is 14.8 Å². The Morgan fingerprint density at radius 3 is 2.58 bits per heavy atom. The van der Waals surface area contributed by atoms with Gasteiger partial charge in [-0.05, 0) is 19.1 Å². The van der Waals surface area contributed by atoms with Crippen LogP contribution in [0.25, 0.3) is 0 Å². The molecule has 2 heterocycles. The molecule has 0 bridgehead atoms. The fraction of sp³-hybridized carbons (Fsp3) is 0.167. The van der Waals surface area contributed by atoms with Crippen molar-refractivity contribution in [3.8, 4) is 0 Å². The molecule has 7 nitrogen and oxygen atoms in total. The molecule has 0 saturated heterocycles. The predicted octanol–water partition coefficient (Wildman–Crippen LogP) is 1.07. The second kappa shape index (κ2) is 4.89. The minimum atomic E-state index is -1.13. The van der Waals surface area contributed by atoms with E-state index in [1.165, 1.54) is 18.3 Å². The van der Waals surface area contributed by atoms with Gasteiger partial charge in [-0.3, -0.25) is 9.48 Å². The quantitative estimate of drug-likeness (QED) is 0.860. The van der Waals surface area contributed by atoms with Crippen LogP contribution in [0.4, 0.5) is 5.82 Å². The van der Waals surface area contributed by atoms with Gasteiger partial charge in [0.05, 0.1) is 5.56 Å². The number of nitrogens with zero attached hydrogens (tertiary/aromatic N) is 3. The number of pyridine rings is 1. The Labute approximate surface area is 108 Å². The van der Waals surface area contributed by atoms with E-state index in [1.807, 2.05) is 6.92 Å². The van der Waals surface area contributed by atoms with E-state index in [0.717, 1.165) is 5.69 Å². The highest BCUT2D eigenvalue weighted by atomic mass is 16.4. The molecule has 0 unspecified atom stereocenters. The van der Waals surface area contributed by atoms with Crippen molar-refractivity contribution in [2.75, 3.05) is 5.32 Å². The maximum Gasteiger partial charge on any atom is 0.354 e. The molecule has 2 N–H and O–H groups in total. The van der Waals surface area contributed by atoms with Gasteiger partial charge in [-0.1, -0.05) is 0 Å². The molecule has 0 aliphatic rings. The second-order valence-electron chi connectivity index (χ2n) is 3.99. The predicted molar refractivity (Wildman–Crippen MR) is 67.1 cm³/mol. The number of nitrogens with one attached hydrogen (secondary N) is 1. The largest absolute Gasteiger partial charge is 0.477 e. The number of aryl methyl sites for hydroxylation is 2. The van der Waals surface area contributed by atoms with Gasteiger partial charge in [-0.2, -0.15) is 5.10 Å². The number of carboxylic acid groups (broad SMARTS) is 1. The number of amides is 1. The summed E-state index contributed by atoms with van der Waals surface area (Å²) >= 11 is 0. The van der Waals surface area contributed by atoms with Crippen LogP contribution in [0.5, 0.6) is 0 Å². The highest BCUT2D eigenvalue weighted by Crippen LogP contribution is 2.09. The second-order valence-corrected chi connectivity index (χ2v) is 3.99. The lowest BCUT2D eigenvalue weighted by Gasteiger charge is -2.01. The zero-order valence-electron chi connectivity index (χ0n) is 10.4. The van der Waals surface area contributed by atoms with Gasteiger partial charge < -0.3 is 10.4 Å². The van der Waals surface area contributed by atoms with Gasteiger partial charge in [-0.25, -0.2) is 9.78 Å². The van der Waals surface area contributed by atoms with Crippen LogP contribution >= 0.6 is 0 Å². The molecular weight excluding hydrogens is 248 g/mol. The molecule has 2 aromatic heterocycles. The van der Waals surface area contributed by atoms with E-state index in [0.29, 0.717) is 5.82 Å². The molecule has 0 aliphatic heterocycles. The van der Waals surface area contributed by atoms with E-state index in [9.17, 15) is 9.59 Å². The van der Waals surface area contributed by atoms with Crippen molar-refractivity contribution in [1.29, 1.82) is 0 Å². The smallest absolute Gasteiger partial charge is 0.354 e. The molecule has 0 aromatic carbocycles. The van der Waals surface area contributed by atoms with Gasteiger partial charge in [0.15, 0.2) is 5.82 Å². The molecule has 0 spiro atoms. The van der Waals surface area contributed by atoms with Crippen LogP contribution in [0.15, 0.2) is 24.4 Å². The number of hydrogen-bond donors (Lipinski definition) is 2. The number of aromatic carboxylic acids is 1. The van der Waals surface area contributed by atoms with Crippen LogP contribution in [-0.4, -0.2) is 31.7 Å². The lowest BCUT2D eigenvalue weighted by Crippen LogP contribution is -2.13. The lowest BCUT2D eigenvalue weighted by molar-refractivity contribution is 0.0690. The molecule has 0 fully saturated rings. The maximum absolute atomic E-state index is 11.9. The SMILES string of the molecule is Cc1cc(NC(=O)c2ccc(C(=O)O)nc2)nn1C. The van der Waals surface area contributed by atoms with Crippen molar-refractivity contribution in [2.45, 2.75) is 6.92 Å². The lowest BCUT2D eigenvalue weighted by atomic mass is 10.2. The van der Waals surface area contributed by atoms with Crippen LogP contribution < -0.4 is 5.32 Å². The minimum absolute atomic E-state index is 0.106. The third kappa shape index (κ3) is 2.76. The first-order chi connectivity index (χ1) is 8.97. The van der Waals surface area contributed by atoms with Crippen LogP contribution in [0.1, 0.15) is 26.5 Å². The molecule has 98 valence electrons. The third-order valence-corrected chi connectivity index (χ3v) is 2.60. The van der Waals surface area contributed by atoms with E-state index in [2.05, 4.69) is 15.4 Å². The molecule has 0 radical (unpaired) electrons. The molecule has 2 rings (SSSR count). The number of rotatable bonds is 3. The normalized spacial score (nSPS) is 10.2. The zero-order valence-corrected chi connectivity index (χ0v) is 10.4. The Hall–Kier alpha value is -2.70. The van der Waals surface area contributed by atoms with E-state index in [4.69, 9.17) is 5.11 Å². The van der Waals surface area contributed by atoms with Crippen molar-refractivity contribution in [2.24, 2.45) is 7.05 Å². The van der Waals surface area contributed by atoms with E-state index < -0.39 is 5.97 Å². The summed E-state index contributed by atoms with van der Waals surface area (Å²) in [5.74, 6) is -1.08. The van der Waals surface area contributed by atoms with Crippen molar-refractivity contribution < 1.29 is 14.7 Å². The monoisotopic (exact) mass is 260 g/mol. The highest BCUT2D eigenvalue weighted by molar-refractivity contribution is 6.03. The Kier molecular flexibility index (Phi) is 3.28. The first-order valence-corrected chi connectivity index (χ1v) is 5.48. The fourth-order valence-corrected chi connectivity index (χ4v) is 1.46. The van der Waals surface area contributed by atoms with Crippen molar-refractivity contribution in [3.05, 3.63) is 41.3 Å². The fourth-order valence-electron chi connectivity index (χ4n) is 1.46. The molecule has 0 atom stereocenters. The van der Waals surface area contributed by atoms with Crippen LogP contribution in [0, 0.1) is 6.92 Å². The molecule has 2 aromatic rings. The number of carboxylic acids is 1. The first kappa shape index (κ1) is 12.7. The van der Waals surface area contributed by atoms with E-state index in [-0.39, 0.29) is 17.2 Å². The summed E-state index contributed by atoms with van der Waals surface area (Å²) in [7, 11) is 1.77. The van der Waals surface area contributed by atoms with Gasteiger partial charge in [0.1, 0.15) is 5.69 Å². The Balaban J connectivity index is 2.13. The number of aromatic nitrogens is 3. The Morgan fingerprint density at radius 1 is 1.37 bits per heavy atom.